The van der Waals surface area contributed by atoms with Crippen molar-refractivity contribution in [3.05, 3.63) is 24.2 Å². The number of hydrogen-bond donors (Lipinski definition) is 2. The highest BCUT2D eigenvalue weighted by Gasteiger charge is 1.85. The Balaban J connectivity index is 2.56. The molecule has 0 atom stereocenters. The summed E-state index contributed by atoms with van der Waals surface area (Å²) < 4.78 is 4.92. The van der Waals surface area contributed by atoms with Gasteiger partial charge in [0, 0.05) is 0 Å². The first-order valence-electron chi connectivity index (χ1n) is 2.94. The lowest BCUT2D eigenvalue weighted by atomic mass is 10.5. The molecule has 0 bridgehead atoms. The van der Waals surface area contributed by atoms with Crippen molar-refractivity contribution < 1.29 is 4.42 Å². The van der Waals surface area contributed by atoms with Gasteiger partial charge in [-0.05, 0) is 12.1 Å². The van der Waals surface area contributed by atoms with Crippen molar-refractivity contribution in [3.8, 4) is 0 Å². The number of nitrogens with zero attached hydrogens (tertiary/aromatic N) is 2. The minimum absolute atomic E-state index is 0.0761. The summed E-state index contributed by atoms with van der Waals surface area (Å²) in [5.41, 5.74) is 10.0. The van der Waals surface area contributed by atoms with Crippen LogP contribution in [-0.2, 0) is 0 Å². The molecule has 0 saturated heterocycles. The second-order valence-electron chi connectivity index (χ2n) is 1.78. The molecule has 0 aliphatic carbocycles. The molecule has 0 radical (unpaired) electrons. The van der Waals surface area contributed by atoms with Crippen molar-refractivity contribution in [3.63, 3.8) is 0 Å². The fourth-order valence-electron chi connectivity index (χ4n) is 0.517. The van der Waals surface area contributed by atoms with E-state index in [-0.39, 0.29) is 5.96 Å². The van der Waals surface area contributed by atoms with E-state index in [4.69, 9.17) is 15.9 Å². The number of guanidine groups is 1. The first kappa shape index (κ1) is 7.33. The third kappa shape index (κ3) is 2.53. The largest absolute Gasteiger partial charge is 0.463 e. The lowest BCUT2D eigenvalue weighted by Gasteiger charge is -1.82. The highest BCUT2D eigenvalue weighted by atomic mass is 16.3. The van der Waals surface area contributed by atoms with Crippen LogP contribution in [0.25, 0.3) is 0 Å². The molecule has 0 unspecified atom stereocenters. The van der Waals surface area contributed by atoms with Gasteiger partial charge in [0.1, 0.15) is 5.76 Å². The molecule has 0 aromatic carbocycles. The zero-order valence-electron chi connectivity index (χ0n) is 5.77. The fourth-order valence-corrected chi connectivity index (χ4v) is 0.517. The van der Waals surface area contributed by atoms with Crippen LogP contribution in [0.5, 0.6) is 0 Å². The smallest absolute Gasteiger partial charge is 0.211 e. The number of nitrogens with two attached hydrogens (primary N) is 2. The third-order valence-electron chi connectivity index (χ3n) is 0.901. The summed E-state index contributed by atoms with van der Waals surface area (Å²) in [6, 6.07) is 3.49. The summed E-state index contributed by atoms with van der Waals surface area (Å²) >= 11 is 0. The fraction of sp³-hybridized carbons (Fsp3) is 0. The third-order valence-corrected chi connectivity index (χ3v) is 0.901. The lowest BCUT2D eigenvalue weighted by Crippen LogP contribution is -2.21. The summed E-state index contributed by atoms with van der Waals surface area (Å²) in [4.78, 5) is 0. The zero-order valence-corrected chi connectivity index (χ0v) is 5.77. The van der Waals surface area contributed by atoms with E-state index in [0.717, 1.165) is 0 Å². The van der Waals surface area contributed by atoms with E-state index >= 15 is 0 Å². The van der Waals surface area contributed by atoms with Gasteiger partial charge in [0.2, 0.25) is 5.96 Å². The maximum Gasteiger partial charge on any atom is 0.211 e. The molecule has 5 heteroatoms. The minimum atomic E-state index is -0.0761. The molecule has 0 amide bonds. The van der Waals surface area contributed by atoms with E-state index < -0.39 is 0 Å². The maximum atomic E-state index is 5.02. The van der Waals surface area contributed by atoms with Crippen LogP contribution in [0.15, 0.2) is 33.0 Å². The van der Waals surface area contributed by atoms with Crippen molar-refractivity contribution in [1.82, 2.24) is 0 Å². The van der Waals surface area contributed by atoms with E-state index in [1.807, 2.05) is 0 Å². The molecule has 4 N–H and O–H groups in total. The molecule has 1 heterocycles. The summed E-state index contributed by atoms with van der Waals surface area (Å²) in [6.07, 6.45) is 2.95. The first-order chi connectivity index (χ1) is 5.29. The van der Waals surface area contributed by atoms with Gasteiger partial charge in [-0.1, -0.05) is 0 Å². The molecule has 0 fully saturated rings. The summed E-state index contributed by atoms with van der Waals surface area (Å²) in [6.45, 7) is 0. The molecule has 0 aliphatic rings. The van der Waals surface area contributed by atoms with E-state index in [1.165, 1.54) is 12.5 Å². The second-order valence-corrected chi connectivity index (χ2v) is 1.78. The van der Waals surface area contributed by atoms with Crippen molar-refractivity contribution in [1.29, 1.82) is 0 Å². The summed E-state index contributed by atoms with van der Waals surface area (Å²) in [5, 5.41) is 6.91. The van der Waals surface area contributed by atoms with Crippen molar-refractivity contribution in [2.45, 2.75) is 0 Å². The maximum absolute atomic E-state index is 5.02. The predicted molar refractivity (Wildman–Crippen MR) is 42.1 cm³/mol. The van der Waals surface area contributed by atoms with Gasteiger partial charge in [0.05, 0.1) is 12.5 Å². The van der Waals surface area contributed by atoms with Gasteiger partial charge < -0.3 is 15.9 Å². The van der Waals surface area contributed by atoms with E-state index in [0.29, 0.717) is 5.76 Å². The standard InChI is InChI=1S/C6H8N4O/c7-6(8)10-9-4-5-2-1-3-11-5/h1-4H,(H4,7,8,10). The van der Waals surface area contributed by atoms with Crippen LogP contribution in [0, 0.1) is 0 Å². The molecular formula is C6H8N4O. The Morgan fingerprint density at radius 2 is 2.36 bits per heavy atom. The molecule has 1 aromatic rings. The highest BCUT2D eigenvalue weighted by Crippen LogP contribution is 1.94. The molecule has 1 aromatic heterocycles. The van der Waals surface area contributed by atoms with Crippen LogP contribution >= 0.6 is 0 Å². The van der Waals surface area contributed by atoms with E-state index in [1.54, 1.807) is 12.1 Å². The number of hydrogen-bond acceptors (Lipinski definition) is 3. The van der Waals surface area contributed by atoms with Gasteiger partial charge in [-0.25, -0.2) is 0 Å². The molecule has 1 rings (SSSR count). The predicted octanol–water partition coefficient (Wildman–Crippen LogP) is -0.113. The zero-order chi connectivity index (χ0) is 8.10. The first-order valence-corrected chi connectivity index (χ1v) is 2.94. The lowest BCUT2D eigenvalue weighted by molar-refractivity contribution is 0.560. The van der Waals surface area contributed by atoms with Crippen LogP contribution in [-0.4, -0.2) is 12.2 Å². The van der Waals surface area contributed by atoms with Crippen LogP contribution < -0.4 is 11.5 Å². The van der Waals surface area contributed by atoms with E-state index in [2.05, 4.69) is 10.2 Å². The Bertz CT molecular complexity index is 258. The topological polar surface area (TPSA) is 89.9 Å². The molecule has 5 nitrogen and oxygen atoms in total. The van der Waals surface area contributed by atoms with Crippen molar-refractivity contribution in [2.24, 2.45) is 21.7 Å². The van der Waals surface area contributed by atoms with Crippen LogP contribution in [0.2, 0.25) is 0 Å². The Morgan fingerprint density at radius 1 is 1.55 bits per heavy atom. The number of rotatable bonds is 2. The molecule has 58 valence electrons. The van der Waals surface area contributed by atoms with Gasteiger partial charge in [-0.15, -0.1) is 5.10 Å². The molecule has 11 heavy (non-hydrogen) atoms. The summed E-state index contributed by atoms with van der Waals surface area (Å²) in [7, 11) is 0. The Kier molecular flexibility index (Phi) is 2.27. The Hall–Kier alpha value is -1.78. The molecule has 0 aliphatic heterocycles. The second kappa shape index (κ2) is 3.40. The summed E-state index contributed by atoms with van der Waals surface area (Å²) in [5.74, 6) is 0.530. The van der Waals surface area contributed by atoms with Gasteiger partial charge in [-0.3, -0.25) is 0 Å². The van der Waals surface area contributed by atoms with Gasteiger partial charge in [0.15, 0.2) is 0 Å². The molecule has 0 spiro atoms. The average Bonchev–Trinajstić information content (AvgIpc) is 2.39. The van der Waals surface area contributed by atoms with Crippen molar-refractivity contribution >= 4 is 12.2 Å². The quantitative estimate of drug-likeness (QED) is 0.352. The molecular weight excluding hydrogens is 144 g/mol. The Morgan fingerprint density at radius 3 is 2.91 bits per heavy atom. The SMILES string of the molecule is NC(N)=NN=Cc1ccco1. The van der Waals surface area contributed by atoms with Gasteiger partial charge >= 0.3 is 0 Å². The average molecular weight is 152 g/mol. The van der Waals surface area contributed by atoms with Gasteiger partial charge in [0.25, 0.3) is 0 Å². The minimum Gasteiger partial charge on any atom is -0.463 e. The highest BCUT2D eigenvalue weighted by molar-refractivity contribution is 5.79. The van der Waals surface area contributed by atoms with E-state index in [9.17, 15) is 0 Å². The number of furan rings is 1. The van der Waals surface area contributed by atoms with Gasteiger partial charge in [-0.2, -0.15) is 5.10 Å². The van der Waals surface area contributed by atoms with Crippen molar-refractivity contribution in [2.75, 3.05) is 0 Å². The monoisotopic (exact) mass is 152 g/mol. The molecule has 0 saturated carbocycles. The van der Waals surface area contributed by atoms with Crippen LogP contribution in [0.1, 0.15) is 5.76 Å². The Labute approximate surface area is 63.4 Å². The van der Waals surface area contributed by atoms with Crippen LogP contribution in [0.4, 0.5) is 0 Å². The normalized spacial score (nSPS) is 10.2. The van der Waals surface area contributed by atoms with Crippen LogP contribution in [0.3, 0.4) is 0 Å².